The predicted octanol–water partition coefficient (Wildman–Crippen LogP) is 1.62. The van der Waals surface area contributed by atoms with E-state index in [9.17, 15) is 4.79 Å². The van der Waals surface area contributed by atoms with Gasteiger partial charge in [0.05, 0.1) is 5.56 Å². The van der Waals surface area contributed by atoms with Crippen LogP contribution in [0.4, 0.5) is 11.4 Å². The van der Waals surface area contributed by atoms with Gasteiger partial charge in [-0.25, -0.2) is 0 Å². The first-order chi connectivity index (χ1) is 7.54. The van der Waals surface area contributed by atoms with Gasteiger partial charge in [-0.15, -0.1) is 0 Å². The Bertz CT molecular complexity index is 413. The van der Waals surface area contributed by atoms with Crippen LogP contribution < -0.4 is 16.4 Å². The monoisotopic (exact) mass is 219 g/mol. The average molecular weight is 219 g/mol. The van der Waals surface area contributed by atoms with Gasteiger partial charge in [-0.3, -0.25) is 4.79 Å². The number of amides is 1. The topological polar surface area (TPSA) is 67.1 Å². The normalized spacial score (nSPS) is 9.62. The molecule has 4 N–H and O–H groups in total. The zero-order valence-electron chi connectivity index (χ0n) is 9.63. The highest BCUT2D eigenvalue weighted by atomic mass is 16.1. The Morgan fingerprint density at radius 2 is 2.19 bits per heavy atom. The number of nitrogens with two attached hydrogens (primary N) is 1. The zero-order chi connectivity index (χ0) is 12.1. The Morgan fingerprint density at radius 3 is 2.75 bits per heavy atom. The lowest BCUT2D eigenvalue weighted by Gasteiger charge is -2.11. The maximum atomic E-state index is 11.6. The van der Waals surface area contributed by atoms with E-state index in [2.05, 4.69) is 17.2 Å². The van der Waals surface area contributed by atoms with Crippen molar-refractivity contribution in [1.82, 2.24) is 5.32 Å². The molecular formula is C12H17N3O. The number of benzene rings is 1. The zero-order valence-corrected chi connectivity index (χ0v) is 9.63. The first kappa shape index (κ1) is 12.1. The summed E-state index contributed by atoms with van der Waals surface area (Å²) in [7, 11) is 1.60. The molecule has 86 valence electrons. The quantitative estimate of drug-likeness (QED) is 0.532. The van der Waals surface area contributed by atoms with E-state index in [1.165, 1.54) is 0 Å². The summed E-state index contributed by atoms with van der Waals surface area (Å²) in [5.74, 6) is -0.135. The van der Waals surface area contributed by atoms with Crippen LogP contribution in [0.5, 0.6) is 0 Å². The van der Waals surface area contributed by atoms with Crippen molar-refractivity contribution in [3.63, 3.8) is 0 Å². The Labute approximate surface area is 95.5 Å². The molecule has 0 spiro atoms. The van der Waals surface area contributed by atoms with Gasteiger partial charge in [-0.2, -0.15) is 0 Å². The van der Waals surface area contributed by atoms with E-state index in [4.69, 9.17) is 5.73 Å². The summed E-state index contributed by atoms with van der Waals surface area (Å²) in [5, 5.41) is 5.71. The molecule has 0 aliphatic rings. The Balaban J connectivity index is 2.98. The molecule has 16 heavy (non-hydrogen) atoms. The van der Waals surface area contributed by atoms with Crippen LogP contribution in [0.2, 0.25) is 0 Å². The fourth-order valence-corrected chi connectivity index (χ4v) is 1.29. The second kappa shape index (κ2) is 5.21. The van der Waals surface area contributed by atoms with Crippen molar-refractivity contribution in [3.8, 4) is 0 Å². The first-order valence-corrected chi connectivity index (χ1v) is 5.04. The van der Waals surface area contributed by atoms with Crippen LogP contribution in [0.3, 0.4) is 0 Å². The minimum Gasteiger partial charge on any atom is -0.399 e. The predicted molar refractivity (Wildman–Crippen MR) is 67.5 cm³/mol. The minimum atomic E-state index is -0.135. The molecule has 0 aromatic heterocycles. The van der Waals surface area contributed by atoms with Crippen molar-refractivity contribution >= 4 is 17.3 Å². The highest BCUT2D eigenvalue weighted by Crippen LogP contribution is 2.19. The van der Waals surface area contributed by atoms with Gasteiger partial charge in [0.1, 0.15) is 0 Å². The summed E-state index contributed by atoms with van der Waals surface area (Å²) in [6.45, 7) is 6.33. The summed E-state index contributed by atoms with van der Waals surface area (Å²) < 4.78 is 0. The van der Waals surface area contributed by atoms with Gasteiger partial charge in [0.25, 0.3) is 5.91 Å². The van der Waals surface area contributed by atoms with Crippen molar-refractivity contribution in [2.75, 3.05) is 24.6 Å². The average Bonchev–Trinajstić information content (AvgIpc) is 2.25. The van der Waals surface area contributed by atoms with Crippen molar-refractivity contribution in [3.05, 3.63) is 35.9 Å². The molecule has 0 saturated heterocycles. The lowest BCUT2D eigenvalue weighted by atomic mass is 10.1. The summed E-state index contributed by atoms with van der Waals surface area (Å²) in [6, 6.07) is 5.15. The maximum absolute atomic E-state index is 11.6. The minimum absolute atomic E-state index is 0.135. The molecule has 1 aromatic rings. The molecule has 1 amide bonds. The SMILES string of the molecule is C=C(C)CNc1cc(N)ccc1C(=O)NC. The van der Waals surface area contributed by atoms with Gasteiger partial charge in [-0.05, 0) is 25.1 Å². The smallest absolute Gasteiger partial charge is 0.253 e. The van der Waals surface area contributed by atoms with Gasteiger partial charge in [0.15, 0.2) is 0 Å². The van der Waals surface area contributed by atoms with E-state index < -0.39 is 0 Å². The molecule has 0 atom stereocenters. The van der Waals surface area contributed by atoms with Crippen LogP contribution in [0.1, 0.15) is 17.3 Å². The molecule has 1 aromatic carbocycles. The van der Waals surface area contributed by atoms with Crippen molar-refractivity contribution in [1.29, 1.82) is 0 Å². The summed E-state index contributed by atoms with van der Waals surface area (Å²) in [4.78, 5) is 11.6. The van der Waals surface area contributed by atoms with Crippen LogP contribution >= 0.6 is 0 Å². The molecule has 4 nitrogen and oxygen atoms in total. The Kier molecular flexibility index (Phi) is 3.94. The lowest BCUT2D eigenvalue weighted by Crippen LogP contribution is -2.20. The van der Waals surface area contributed by atoms with Crippen LogP contribution in [0.15, 0.2) is 30.4 Å². The fraction of sp³-hybridized carbons (Fsp3) is 0.250. The molecular weight excluding hydrogens is 202 g/mol. The molecule has 1 rings (SSSR count). The maximum Gasteiger partial charge on any atom is 0.253 e. The highest BCUT2D eigenvalue weighted by Gasteiger charge is 2.09. The third-order valence-electron chi connectivity index (χ3n) is 2.10. The molecule has 0 saturated carbocycles. The van der Waals surface area contributed by atoms with Crippen LogP contribution in [-0.4, -0.2) is 19.5 Å². The van der Waals surface area contributed by atoms with E-state index in [1.807, 2.05) is 6.92 Å². The summed E-state index contributed by atoms with van der Waals surface area (Å²) in [5.41, 5.74) is 8.60. The van der Waals surface area contributed by atoms with Gasteiger partial charge in [-0.1, -0.05) is 12.2 Å². The molecule has 0 bridgehead atoms. The van der Waals surface area contributed by atoms with Crippen molar-refractivity contribution < 1.29 is 4.79 Å². The largest absolute Gasteiger partial charge is 0.399 e. The van der Waals surface area contributed by atoms with E-state index in [-0.39, 0.29) is 5.91 Å². The standard InChI is InChI=1S/C12H17N3O/c1-8(2)7-15-11-6-9(13)4-5-10(11)12(16)14-3/h4-6,15H,1,7,13H2,2-3H3,(H,14,16). The van der Waals surface area contributed by atoms with Gasteiger partial charge in [0, 0.05) is 25.0 Å². The molecule has 4 heteroatoms. The highest BCUT2D eigenvalue weighted by molar-refractivity contribution is 6.00. The number of hydrogen-bond donors (Lipinski definition) is 3. The van der Waals surface area contributed by atoms with E-state index in [1.54, 1.807) is 25.2 Å². The van der Waals surface area contributed by atoms with E-state index >= 15 is 0 Å². The second-order valence-corrected chi connectivity index (χ2v) is 3.69. The molecule has 0 unspecified atom stereocenters. The molecule has 0 radical (unpaired) electrons. The van der Waals surface area contributed by atoms with Crippen molar-refractivity contribution in [2.24, 2.45) is 0 Å². The number of rotatable bonds is 4. The van der Waals surface area contributed by atoms with Gasteiger partial charge in [0.2, 0.25) is 0 Å². The van der Waals surface area contributed by atoms with Crippen LogP contribution in [0.25, 0.3) is 0 Å². The van der Waals surface area contributed by atoms with E-state index in [0.717, 1.165) is 11.3 Å². The van der Waals surface area contributed by atoms with Gasteiger partial charge >= 0.3 is 0 Å². The third-order valence-corrected chi connectivity index (χ3v) is 2.10. The number of anilines is 2. The summed E-state index contributed by atoms with van der Waals surface area (Å²) in [6.07, 6.45) is 0. The Morgan fingerprint density at radius 1 is 1.50 bits per heavy atom. The van der Waals surface area contributed by atoms with Crippen LogP contribution in [-0.2, 0) is 0 Å². The van der Waals surface area contributed by atoms with Crippen LogP contribution in [0, 0.1) is 0 Å². The number of nitrogens with one attached hydrogen (secondary N) is 2. The van der Waals surface area contributed by atoms with Gasteiger partial charge < -0.3 is 16.4 Å². The molecule has 0 aliphatic carbocycles. The molecule has 0 aliphatic heterocycles. The number of carbonyl (C=O) groups is 1. The van der Waals surface area contributed by atoms with Crippen molar-refractivity contribution in [2.45, 2.75) is 6.92 Å². The second-order valence-electron chi connectivity index (χ2n) is 3.69. The number of nitrogen functional groups attached to an aromatic ring is 1. The summed E-state index contributed by atoms with van der Waals surface area (Å²) >= 11 is 0. The molecule has 0 heterocycles. The van der Waals surface area contributed by atoms with E-state index in [0.29, 0.717) is 17.8 Å². The molecule has 0 fully saturated rings. The third kappa shape index (κ3) is 3.02. The number of hydrogen-bond acceptors (Lipinski definition) is 3. The number of carbonyl (C=O) groups excluding carboxylic acids is 1. The fourth-order valence-electron chi connectivity index (χ4n) is 1.29. The first-order valence-electron chi connectivity index (χ1n) is 5.04. The lowest BCUT2D eigenvalue weighted by molar-refractivity contribution is 0.0964. The Hall–Kier alpha value is -1.97.